The summed E-state index contributed by atoms with van der Waals surface area (Å²) in [5.41, 5.74) is 0.995. The van der Waals surface area contributed by atoms with Gasteiger partial charge in [0.05, 0.1) is 12.7 Å². The lowest BCUT2D eigenvalue weighted by atomic mass is 9.80. The Morgan fingerprint density at radius 3 is 2.48 bits per heavy atom. The van der Waals surface area contributed by atoms with Gasteiger partial charge in [0, 0.05) is 24.2 Å². The average molecular weight is 397 g/mol. The number of aliphatic hydroxyl groups is 1. The van der Waals surface area contributed by atoms with Crippen molar-refractivity contribution in [1.82, 2.24) is 4.90 Å². The van der Waals surface area contributed by atoms with Gasteiger partial charge in [0.2, 0.25) is 0 Å². The molecule has 0 amide bonds. The Balaban J connectivity index is 1.55. The molecule has 0 radical (unpaired) electrons. The van der Waals surface area contributed by atoms with E-state index in [9.17, 15) is 9.50 Å². The Labute approximate surface area is 171 Å². The summed E-state index contributed by atoms with van der Waals surface area (Å²) in [7, 11) is 1.65. The van der Waals surface area contributed by atoms with Crippen molar-refractivity contribution in [2.75, 3.05) is 13.7 Å². The van der Waals surface area contributed by atoms with Gasteiger partial charge in [-0.2, -0.15) is 0 Å². The zero-order valence-corrected chi connectivity index (χ0v) is 16.8. The molecule has 29 heavy (non-hydrogen) atoms. The summed E-state index contributed by atoms with van der Waals surface area (Å²) in [5.74, 6) is 1.20. The van der Waals surface area contributed by atoms with Crippen molar-refractivity contribution in [2.45, 2.75) is 49.9 Å². The van der Waals surface area contributed by atoms with Crippen LogP contribution in [-0.4, -0.2) is 35.8 Å². The van der Waals surface area contributed by atoms with E-state index in [1.54, 1.807) is 25.3 Å². The number of hydrogen-bond acceptors (Lipinski definition) is 4. The van der Waals surface area contributed by atoms with Crippen molar-refractivity contribution < 1.29 is 19.0 Å². The Morgan fingerprint density at radius 2 is 1.86 bits per heavy atom. The molecule has 154 valence electrons. The molecule has 2 heterocycles. The highest BCUT2D eigenvalue weighted by atomic mass is 19.1. The number of piperidine rings is 1. The van der Waals surface area contributed by atoms with E-state index >= 15 is 0 Å². The second kappa shape index (κ2) is 8.17. The maximum atomic E-state index is 13.3. The monoisotopic (exact) mass is 397 g/mol. The molecule has 2 aliphatic rings. The number of hydrogen-bond donors (Lipinski definition) is 1. The van der Waals surface area contributed by atoms with Crippen LogP contribution >= 0.6 is 0 Å². The highest BCUT2D eigenvalue weighted by molar-refractivity contribution is 5.47. The molecule has 2 bridgehead atoms. The molecular weight excluding hydrogens is 369 g/mol. The van der Waals surface area contributed by atoms with Crippen LogP contribution in [0.3, 0.4) is 0 Å². The van der Waals surface area contributed by atoms with Crippen molar-refractivity contribution in [2.24, 2.45) is 0 Å². The Hall–Kier alpha value is -2.37. The van der Waals surface area contributed by atoms with E-state index in [1.165, 1.54) is 12.1 Å². The fourth-order valence-electron chi connectivity index (χ4n) is 4.92. The molecule has 4 nitrogen and oxygen atoms in total. The third-order valence-corrected chi connectivity index (χ3v) is 6.28. The first kappa shape index (κ1) is 19.9. The van der Waals surface area contributed by atoms with Gasteiger partial charge in [-0.15, -0.1) is 0 Å². The van der Waals surface area contributed by atoms with E-state index in [0.717, 1.165) is 42.0 Å². The molecule has 3 atom stereocenters. The van der Waals surface area contributed by atoms with Crippen LogP contribution in [0, 0.1) is 5.82 Å². The predicted molar refractivity (Wildman–Crippen MR) is 111 cm³/mol. The minimum atomic E-state index is -0.896. The second-order valence-electron chi connectivity index (χ2n) is 8.05. The highest BCUT2D eigenvalue weighted by Gasteiger charge is 2.48. The van der Waals surface area contributed by atoms with Gasteiger partial charge in [0.15, 0.2) is 11.5 Å². The molecule has 2 saturated heterocycles. The molecule has 4 rings (SSSR count). The average Bonchev–Trinajstić information content (AvgIpc) is 2.96. The van der Waals surface area contributed by atoms with Crippen molar-refractivity contribution >= 4 is 0 Å². The number of ether oxygens (including phenoxy) is 2. The van der Waals surface area contributed by atoms with Crippen molar-refractivity contribution in [3.63, 3.8) is 0 Å². The van der Waals surface area contributed by atoms with Crippen LogP contribution in [-0.2, 0) is 12.1 Å². The molecule has 2 aromatic rings. The smallest absolute Gasteiger partial charge is 0.166 e. The summed E-state index contributed by atoms with van der Waals surface area (Å²) >= 11 is 0. The van der Waals surface area contributed by atoms with Crippen LogP contribution in [0.4, 0.5) is 4.39 Å². The molecule has 0 aliphatic carbocycles. The van der Waals surface area contributed by atoms with Gasteiger partial charge in [-0.1, -0.05) is 36.9 Å². The van der Waals surface area contributed by atoms with Crippen LogP contribution in [0.5, 0.6) is 11.5 Å². The second-order valence-corrected chi connectivity index (χ2v) is 8.05. The number of halogens is 1. The molecule has 0 spiro atoms. The van der Waals surface area contributed by atoms with E-state index in [1.807, 2.05) is 12.1 Å². The number of nitrogens with zero attached hydrogens (tertiary/aromatic N) is 1. The highest BCUT2D eigenvalue weighted by Crippen LogP contribution is 2.47. The maximum absolute atomic E-state index is 13.3. The number of benzene rings is 2. The molecule has 0 aromatic heterocycles. The van der Waals surface area contributed by atoms with Crippen LogP contribution in [0.1, 0.15) is 36.8 Å². The lowest BCUT2D eigenvalue weighted by Crippen LogP contribution is -2.49. The maximum Gasteiger partial charge on any atom is 0.166 e. The summed E-state index contributed by atoms with van der Waals surface area (Å²) in [6, 6.07) is 12.8. The van der Waals surface area contributed by atoms with E-state index < -0.39 is 5.60 Å². The van der Waals surface area contributed by atoms with E-state index in [-0.39, 0.29) is 17.9 Å². The molecule has 5 heteroatoms. The molecule has 1 unspecified atom stereocenters. The fourth-order valence-corrected chi connectivity index (χ4v) is 4.92. The Morgan fingerprint density at radius 1 is 1.17 bits per heavy atom. The lowest BCUT2D eigenvalue weighted by Gasteiger charge is -2.44. The van der Waals surface area contributed by atoms with Crippen LogP contribution in [0.15, 0.2) is 55.1 Å². The van der Waals surface area contributed by atoms with Gasteiger partial charge >= 0.3 is 0 Å². The molecule has 0 saturated carbocycles. The number of para-hydroxylation sites is 1. The summed E-state index contributed by atoms with van der Waals surface area (Å²) in [6.45, 7) is 4.90. The quantitative estimate of drug-likeness (QED) is 0.703. The van der Waals surface area contributed by atoms with Crippen molar-refractivity contribution in [3.05, 3.63) is 72.1 Å². The summed E-state index contributed by atoms with van der Waals surface area (Å²) in [5, 5.41) is 11.3. The minimum absolute atomic E-state index is 0.275. The Bertz CT molecular complexity index is 853. The Kier molecular flexibility index (Phi) is 5.61. The van der Waals surface area contributed by atoms with Gasteiger partial charge in [-0.3, -0.25) is 4.90 Å². The fraction of sp³-hybridized carbons (Fsp3) is 0.417. The number of rotatable bonds is 7. The van der Waals surface area contributed by atoms with Gasteiger partial charge in [0.1, 0.15) is 12.4 Å². The first-order chi connectivity index (χ1) is 14.0. The summed E-state index contributed by atoms with van der Waals surface area (Å²) in [4.78, 5) is 2.48. The van der Waals surface area contributed by atoms with Gasteiger partial charge in [0.25, 0.3) is 0 Å². The molecule has 2 fully saturated rings. The van der Waals surface area contributed by atoms with E-state index in [2.05, 4.69) is 17.5 Å². The summed E-state index contributed by atoms with van der Waals surface area (Å²) < 4.78 is 24.7. The van der Waals surface area contributed by atoms with Crippen molar-refractivity contribution in [1.29, 1.82) is 0 Å². The first-order valence-electron chi connectivity index (χ1n) is 10.2. The molecule has 2 aliphatic heterocycles. The number of methoxy groups -OCH3 is 1. The molecule has 2 aromatic carbocycles. The van der Waals surface area contributed by atoms with Crippen molar-refractivity contribution in [3.8, 4) is 11.5 Å². The zero-order valence-electron chi connectivity index (χ0n) is 16.8. The van der Waals surface area contributed by atoms with Crippen LogP contribution in [0.2, 0.25) is 0 Å². The largest absolute Gasteiger partial charge is 0.493 e. The first-order valence-corrected chi connectivity index (χ1v) is 10.2. The molecule has 1 N–H and O–H groups in total. The van der Waals surface area contributed by atoms with Crippen LogP contribution < -0.4 is 9.47 Å². The van der Waals surface area contributed by atoms with E-state index in [0.29, 0.717) is 19.4 Å². The third kappa shape index (κ3) is 3.89. The zero-order chi connectivity index (χ0) is 20.4. The molecular formula is C24H28FNO3. The normalized spacial score (nSPS) is 26.3. The predicted octanol–water partition coefficient (Wildman–Crippen LogP) is 4.41. The van der Waals surface area contributed by atoms with Gasteiger partial charge < -0.3 is 14.6 Å². The van der Waals surface area contributed by atoms with Crippen LogP contribution in [0.25, 0.3) is 0 Å². The van der Waals surface area contributed by atoms with Gasteiger partial charge in [-0.25, -0.2) is 4.39 Å². The lowest BCUT2D eigenvalue weighted by molar-refractivity contribution is -0.0596. The number of fused-ring (bicyclic) bond motifs is 2. The third-order valence-electron chi connectivity index (χ3n) is 6.28. The topological polar surface area (TPSA) is 41.9 Å². The van der Waals surface area contributed by atoms with E-state index in [4.69, 9.17) is 9.47 Å². The van der Waals surface area contributed by atoms with Gasteiger partial charge in [-0.05, 0) is 49.4 Å². The SMILES string of the molecule is C=CCOc1c(CN2[C@@H]3CC[C@H]2CC(O)(c2ccc(F)cc2)C3)cccc1OC. The standard InChI is InChI=1S/C24H28FNO3/c1-3-13-29-23-17(5-4-6-22(23)28-2)16-26-20-11-12-21(26)15-24(27,14-20)18-7-9-19(25)10-8-18/h3-10,20-21,27H,1,11-16H2,2H3/t20-,21+,24?. The minimum Gasteiger partial charge on any atom is -0.493 e. The summed E-state index contributed by atoms with van der Waals surface area (Å²) in [6.07, 6.45) is 5.15.